The van der Waals surface area contributed by atoms with Gasteiger partial charge in [-0.25, -0.2) is 4.99 Å². The van der Waals surface area contributed by atoms with E-state index in [9.17, 15) is 0 Å². The van der Waals surface area contributed by atoms with Gasteiger partial charge in [0.15, 0.2) is 11.9 Å². The molecule has 4 N–H and O–H groups in total. The van der Waals surface area contributed by atoms with Gasteiger partial charge in [0.1, 0.15) is 5.66 Å². The van der Waals surface area contributed by atoms with Gasteiger partial charge < -0.3 is 11.1 Å². The van der Waals surface area contributed by atoms with Gasteiger partial charge in [-0.3, -0.25) is 10.3 Å². The zero-order valence-corrected chi connectivity index (χ0v) is 13.1. The van der Waals surface area contributed by atoms with Crippen molar-refractivity contribution in [1.29, 1.82) is 0 Å². The standard InChI is InChI=1S/C13H18ClN5.ClH/c1-13(2)18-11(15)17-12(19-13)16-8-7-9-3-5-10(14)6-4-9;/h3-6H,7-8H2,1-2H3,(H4,15,16,17,18,19);1H. The lowest BCUT2D eigenvalue weighted by Crippen LogP contribution is -2.57. The van der Waals surface area contributed by atoms with E-state index < -0.39 is 5.66 Å². The van der Waals surface area contributed by atoms with Gasteiger partial charge in [-0.15, -0.1) is 12.4 Å². The quantitative estimate of drug-likeness (QED) is 0.797. The number of hydrogen-bond donors (Lipinski definition) is 3. The Hall–Kier alpha value is -1.46. The summed E-state index contributed by atoms with van der Waals surface area (Å²) >= 11 is 5.84. The first kappa shape index (κ1) is 16.6. The average Bonchev–Trinajstić information content (AvgIpc) is 2.29. The number of rotatable bonds is 3. The first-order valence-electron chi connectivity index (χ1n) is 6.14. The van der Waals surface area contributed by atoms with Gasteiger partial charge in [0.05, 0.1) is 0 Å². The van der Waals surface area contributed by atoms with Gasteiger partial charge in [-0.1, -0.05) is 23.7 Å². The van der Waals surface area contributed by atoms with E-state index in [1.165, 1.54) is 5.56 Å². The van der Waals surface area contributed by atoms with E-state index >= 15 is 0 Å². The smallest absolute Gasteiger partial charge is 0.199 e. The van der Waals surface area contributed by atoms with E-state index in [0.29, 0.717) is 18.5 Å². The van der Waals surface area contributed by atoms with E-state index in [-0.39, 0.29) is 12.4 Å². The van der Waals surface area contributed by atoms with Crippen LogP contribution in [0.25, 0.3) is 0 Å². The highest BCUT2D eigenvalue weighted by Gasteiger charge is 2.23. The molecular formula is C13H19Cl2N5. The summed E-state index contributed by atoms with van der Waals surface area (Å²) in [5.74, 6) is 1.04. The minimum absolute atomic E-state index is 0. The second-order valence-electron chi connectivity index (χ2n) is 4.91. The molecule has 0 atom stereocenters. The van der Waals surface area contributed by atoms with Crippen LogP contribution in [0.3, 0.4) is 0 Å². The molecule has 7 heteroatoms. The summed E-state index contributed by atoms with van der Waals surface area (Å²) in [4.78, 5) is 8.67. The fraction of sp³-hybridized carbons (Fsp3) is 0.385. The SMILES string of the molecule is CC1(C)N=C(N)NC(=NCCc2ccc(Cl)cc2)N1.Cl. The van der Waals surface area contributed by atoms with Crippen molar-refractivity contribution in [2.75, 3.05) is 6.54 Å². The summed E-state index contributed by atoms with van der Waals surface area (Å²) in [5, 5.41) is 6.83. The number of aliphatic imine (C=N–C) groups is 2. The fourth-order valence-electron chi connectivity index (χ4n) is 1.83. The maximum absolute atomic E-state index is 5.84. The number of nitrogens with two attached hydrogens (primary N) is 1. The van der Waals surface area contributed by atoms with Crippen LogP contribution in [0.2, 0.25) is 5.02 Å². The molecule has 0 saturated carbocycles. The van der Waals surface area contributed by atoms with Crippen molar-refractivity contribution >= 4 is 35.9 Å². The molecule has 1 heterocycles. The van der Waals surface area contributed by atoms with Crippen molar-refractivity contribution in [1.82, 2.24) is 10.6 Å². The predicted octanol–water partition coefficient (Wildman–Crippen LogP) is 1.90. The van der Waals surface area contributed by atoms with E-state index in [1.807, 2.05) is 38.1 Å². The topological polar surface area (TPSA) is 74.8 Å². The molecule has 0 saturated heterocycles. The number of nitrogens with zero attached hydrogens (tertiary/aromatic N) is 2. The molecule has 0 aliphatic carbocycles. The molecule has 2 rings (SSSR count). The van der Waals surface area contributed by atoms with E-state index in [4.69, 9.17) is 17.3 Å². The van der Waals surface area contributed by atoms with Crippen molar-refractivity contribution in [2.24, 2.45) is 15.7 Å². The van der Waals surface area contributed by atoms with Crippen LogP contribution >= 0.6 is 24.0 Å². The minimum atomic E-state index is -0.422. The molecule has 110 valence electrons. The van der Waals surface area contributed by atoms with Crippen LogP contribution in [0, 0.1) is 0 Å². The highest BCUT2D eigenvalue weighted by atomic mass is 35.5. The Labute approximate surface area is 130 Å². The van der Waals surface area contributed by atoms with Crippen molar-refractivity contribution < 1.29 is 0 Å². The number of hydrogen-bond acceptors (Lipinski definition) is 3. The van der Waals surface area contributed by atoms with Crippen molar-refractivity contribution in [3.05, 3.63) is 34.9 Å². The molecule has 1 aromatic rings. The second-order valence-corrected chi connectivity index (χ2v) is 5.35. The Morgan fingerprint density at radius 1 is 1.30 bits per heavy atom. The van der Waals surface area contributed by atoms with Crippen LogP contribution in [0.5, 0.6) is 0 Å². The highest BCUT2D eigenvalue weighted by molar-refractivity contribution is 6.30. The fourth-order valence-corrected chi connectivity index (χ4v) is 1.95. The Kier molecular flexibility index (Phi) is 5.65. The maximum Gasteiger partial charge on any atom is 0.199 e. The Bertz CT molecular complexity index is 508. The van der Waals surface area contributed by atoms with Crippen LogP contribution in [-0.4, -0.2) is 24.1 Å². The first-order chi connectivity index (χ1) is 8.94. The first-order valence-corrected chi connectivity index (χ1v) is 6.52. The third-order valence-corrected chi connectivity index (χ3v) is 2.91. The summed E-state index contributed by atoms with van der Waals surface area (Å²) < 4.78 is 0. The average molecular weight is 316 g/mol. The van der Waals surface area contributed by atoms with E-state index in [2.05, 4.69) is 20.6 Å². The highest BCUT2D eigenvalue weighted by Crippen LogP contribution is 2.10. The molecule has 0 radical (unpaired) electrons. The van der Waals surface area contributed by atoms with E-state index in [0.717, 1.165) is 11.4 Å². The van der Waals surface area contributed by atoms with Crippen molar-refractivity contribution in [3.63, 3.8) is 0 Å². The molecule has 0 amide bonds. The molecule has 0 bridgehead atoms. The summed E-state index contributed by atoms with van der Waals surface area (Å²) in [6.07, 6.45) is 0.849. The molecular weight excluding hydrogens is 297 g/mol. The van der Waals surface area contributed by atoms with Gasteiger partial charge in [0.25, 0.3) is 0 Å². The third kappa shape index (κ3) is 4.90. The number of benzene rings is 1. The van der Waals surface area contributed by atoms with Gasteiger partial charge in [-0.2, -0.15) is 0 Å². The van der Waals surface area contributed by atoms with Gasteiger partial charge >= 0.3 is 0 Å². The summed E-state index contributed by atoms with van der Waals surface area (Å²) in [5.41, 5.74) is 6.48. The van der Waals surface area contributed by atoms with Crippen LogP contribution in [0.1, 0.15) is 19.4 Å². The lowest BCUT2D eigenvalue weighted by molar-refractivity contribution is 0.467. The lowest BCUT2D eigenvalue weighted by atomic mass is 10.1. The molecule has 0 unspecified atom stereocenters. The van der Waals surface area contributed by atoms with Crippen LogP contribution in [0.15, 0.2) is 34.3 Å². The summed E-state index contributed by atoms with van der Waals surface area (Å²) in [6.45, 7) is 4.55. The monoisotopic (exact) mass is 315 g/mol. The number of guanidine groups is 2. The molecule has 0 spiro atoms. The van der Waals surface area contributed by atoms with Crippen LogP contribution < -0.4 is 16.4 Å². The molecule has 1 aliphatic heterocycles. The molecule has 5 nitrogen and oxygen atoms in total. The molecule has 0 aromatic heterocycles. The Balaban J connectivity index is 0.00000200. The minimum Gasteiger partial charge on any atom is -0.370 e. The third-order valence-electron chi connectivity index (χ3n) is 2.65. The van der Waals surface area contributed by atoms with Gasteiger partial charge in [0.2, 0.25) is 0 Å². The Morgan fingerprint density at radius 2 is 1.95 bits per heavy atom. The zero-order chi connectivity index (χ0) is 13.9. The molecule has 1 aromatic carbocycles. The molecule has 20 heavy (non-hydrogen) atoms. The second kappa shape index (κ2) is 6.81. The van der Waals surface area contributed by atoms with Crippen LogP contribution in [-0.2, 0) is 6.42 Å². The van der Waals surface area contributed by atoms with E-state index in [1.54, 1.807) is 0 Å². The Morgan fingerprint density at radius 3 is 2.55 bits per heavy atom. The molecule has 0 fully saturated rings. The van der Waals surface area contributed by atoms with Crippen molar-refractivity contribution in [2.45, 2.75) is 25.9 Å². The zero-order valence-electron chi connectivity index (χ0n) is 11.5. The van der Waals surface area contributed by atoms with Crippen molar-refractivity contribution in [3.8, 4) is 0 Å². The maximum atomic E-state index is 5.84. The number of nitrogens with one attached hydrogen (secondary N) is 2. The molecule has 1 aliphatic rings. The predicted molar refractivity (Wildman–Crippen MR) is 86.7 cm³/mol. The normalized spacial score (nSPS) is 18.6. The van der Waals surface area contributed by atoms with Gasteiger partial charge in [-0.05, 0) is 38.0 Å². The number of halogens is 2. The van der Waals surface area contributed by atoms with Crippen LogP contribution in [0.4, 0.5) is 0 Å². The largest absolute Gasteiger partial charge is 0.370 e. The van der Waals surface area contributed by atoms with Gasteiger partial charge in [0, 0.05) is 11.6 Å². The summed E-state index contributed by atoms with van der Waals surface area (Å²) in [6, 6.07) is 7.78. The lowest BCUT2D eigenvalue weighted by Gasteiger charge is -2.29. The summed E-state index contributed by atoms with van der Waals surface area (Å²) in [7, 11) is 0.